The first-order chi connectivity index (χ1) is 36.8. The van der Waals surface area contributed by atoms with Crippen molar-refractivity contribution in [2.24, 2.45) is 0 Å². The number of hydrogen-bond acceptors (Lipinski definition) is 8. The van der Waals surface area contributed by atoms with Crippen LogP contribution < -0.4 is 5.32 Å². The van der Waals surface area contributed by atoms with Gasteiger partial charge in [0.2, 0.25) is 5.91 Å². The molecule has 0 aromatic rings. The molecule has 7 atom stereocenters. The zero-order valence-electron chi connectivity index (χ0n) is 49.1. The molecule has 9 heteroatoms. The van der Waals surface area contributed by atoms with Crippen LogP contribution in [0.1, 0.15) is 309 Å². The summed E-state index contributed by atoms with van der Waals surface area (Å²) in [4.78, 5) is 13.1. The number of nitrogens with one attached hydrogen (secondary N) is 1. The second-order valence-corrected chi connectivity index (χ2v) is 22.5. The molecule has 6 N–H and O–H groups in total. The molecule has 0 aromatic carbocycles. The number of carbonyl (C=O) groups is 1. The Morgan fingerprint density at radius 2 is 0.800 bits per heavy atom. The van der Waals surface area contributed by atoms with Crippen molar-refractivity contribution < 1.29 is 39.8 Å². The maximum Gasteiger partial charge on any atom is 0.220 e. The highest BCUT2D eigenvalue weighted by atomic mass is 16.7. The van der Waals surface area contributed by atoms with Crippen molar-refractivity contribution in [1.82, 2.24) is 5.32 Å². The van der Waals surface area contributed by atoms with Crippen LogP contribution in [0.4, 0.5) is 0 Å². The van der Waals surface area contributed by atoms with Gasteiger partial charge in [0.1, 0.15) is 24.4 Å². The van der Waals surface area contributed by atoms with E-state index in [1.807, 2.05) is 6.08 Å². The van der Waals surface area contributed by atoms with Gasteiger partial charge in [-0.15, -0.1) is 0 Å². The summed E-state index contributed by atoms with van der Waals surface area (Å²) in [5, 5.41) is 54.6. The largest absolute Gasteiger partial charge is 0.394 e. The molecule has 0 aromatic heterocycles. The molecular weight excluding hydrogens is 935 g/mol. The van der Waals surface area contributed by atoms with Crippen LogP contribution in [0.2, 0.25) is 0 Å². The van der Waals surface area contributed by atoms with Crippen LogP contribution in [0.25, 0.3) is 0 Å². The lowest BCUT2D eigenvalue weighted by molar-refractivity contribution is -0.302. The highest BCUT2D eigenvalue weighted by Crippen LogP contribution is 2.23. The Bertz CT molecular complexity index is 1320. The van der Waals surface area contributed by atoms with E-state index in [2.05, 4.69) is 55.6 Å². The third-order valence-corrected chi connectivity index (χ3v) is 15.4. The first-order valence-corrected chi connectivity index (χ1v) is 32.4. The molecular formula is C66H123NO8. The molecule has 9 nitrogen and oxygen atoms in total. The maximum absolute atomic E-state index is 13.1. The Kier molecular flexibility index (Phi) is 52.6. The average Bonchev–Trinajstić information content (AvgIpc) is 3.41. The van der Waals surface area contributed by atoms with E-state index in [-0.39, 0.29) is 12.5 Å². The number of ether oxygens (including phenoxy) is 2. The smallest absolute Gasteiger partial charge is 0.220 e. The molecule has 0 spiro atoms. The van der Waals surface area contributed by atoms with Gasteiger partial charge in [-0.2, -0.15) is 0 Å². The van der Waals surface area contributed by atoms with Crippen molar-refractivity contribution in [3.05, 3.63) is 48.6 Å². The van der Waals surface area contributed by atoms with Gasteiger partial charge in [0.25, 0.3) is 0 Å². The monoisotopic (exact) mass is 1060 g/mol. The minimum Gasteiger partial charge on any atom is -0.394 e. The molecule has 0 saturated carbocycles. The number of amides is 1. The second-order valence-electron chi connectivity index (χ2n) is 22.5. The van der Waals surface area contributed by atoms with Crippen LogP contribution in [0.5, 0.6) is 0 Å². The SMILES string of the molecule is CCCCCCC/C=C\C/C=C\CCCCCCCCCCCCCCCCCCCCCCCC(=O)NC(COC1OC(CO)C(O)C(O)C1O)C(O)/C=C/CC/C=C/CCCCCCCCCCCCCCC. The van der Waals surface area contributed by atoms with E-state index in [1.54, 1.807) is 6.08 Å². The number of unbranched alkanes of at least 4 members (excludes halogenated alkanes) is 40. The van der Waals surface area contributed by atoms with Gasteiger partial charge in [0.05, 0.1) is 25.4 Å². The topological polar surface area (TPSA) is 149 Å². The number of aliphatic hydroxyl groups excluding tert-OH is 5. The van der Waals surface area contributed by atoms with E-state index in [0.717, 1.165) is 44.9 Å². The van der Waals surface area contributed by atoms with Crippen LogP contribution in [0.3, 0.4) is 0 Å². The molecule has 1 aliphatic rings. The van der Waals surface area contributed by atoms with Crippen molar-refractivity contribution in [2.75, 3.05) is 13.2 Å². The van der Waals surface area contributed by atoms with Gasteiger partial charge in [0, 0.05) is 6.42 Å². The third kappa shape index (κ3) is 44.7. The molecule has 75 heavy (non-hydrogen) atoms. The van der Waals surface area contributed by atoms with Crippen LogP contribution in [-0.2, 0) is 14.3 Å². The molecule has 1 saturated heterocycles. The van der Waals surface area contributed by atoms with Crippen molar-refractivity contribution >= 4 is 5.91 Å². The number of rotatable bonds is 56. The number of carbonyl (C=O) groups excluding carboxylic acids is 1. The third-order valence-electron chi connectivity index (χ3n) is 15.4. The average molecular weight is 1060 g/mol. The zero-order valence-corrected chi connectivity index (χ0v) is 49.1. The summed E-state index contributed by atoms with van der Waals surface area (Å²) < 4.78 is 11.3. The van der Waals surface area contributed by atoms with Gasteiger partial charge in [-0.25, -0.2) is 0 Å². The number of aliphatic hydroxyl groups is 5. The van der Waals surface area contributed by atoms with Gasteiger partial charge in [-0.05, 0) is 64.2 Å². The first kappa shape index (κ1) is 71.2. The highest BCUT2D eigenvalue weighted by molar-refractivity contribution is 5.76. The van der Waals surface area contributed by atoms with E-state index in [9.17, 15) is 30.3 Å². The summed E-state index contributed by atoms with van der Waals surface area (Å²) in [6.45, 7) is 3.79. The van der Waals surface area contributed by atoms with E-state index >= 15 is 0 Å². The van der Waals surface area contributed by atoms with Crippen molar-refractivity contribution in [2.45, 2.75) is 352 Å². The van der Waals surface area contributed by atoms with Crippen molar-refractivity contribution in [3.63, 3.8) is 0 Å². The number of allylic oxidation sites excluding steroid dienone is 7. The van der Waals surface area contributed by atoms with E-state index in [4.69, 9.17) is 9.47 Å². The maximum atomic E-state index is 13.1. The fourth-order valence-corrected chi connectivity index (χ4v) is 10.3. The molecule has 0 bridgehead atoms. The summed E-state index contributed by atoms with van der Waals surface area (Å²) in [7, 11) is 0. The minimum atomic E-state index is -1.57. The summed E-state index contributed by atoms with van der Waals surface area (Å²) >= 11 is 0. The summed E-state index contributed by atoms with van der Waals surface area (Å²) in [6.07, 6.45) is 67.8. The molecule has 1 aliphatic heterocycles. The van der Waals surface area contributed by atoms with Crippen LogP contribution >= 0.6 is 0 Å². The van der Waals surface area contributed by atoms with Gasteiger partial charge >= 0.3 is 0 Å². The predicted molar refractivity (Wildman–Crippen MR) is 318 cm³/mol. The van der Waals surface area contributed by atoms with E-state index in [1.165, 1.54) is 244 Å². The molecule has 440 valence electrons. The standard InChI is InChI=1S/C66H123NO8/c1-3-5-7-9-11-13-15-17-19-21-23-24-25-26-27-28-29-30-31-32-33-34-35-36-38-40-42-44-46-48-50-52-54-56-62(70)67-59(58-74-66-65(73)64(72)63(71)61(57-68)75-66)60(69)55-53-51-49-47-45-43-41-39-37-22-20-18-16-14-12-10-8-6-4-2/h15,17,21,23,45,47,53,55,59-61,63-66,68-69,71-73H,3-14,16,18-20,22,24-44,46,48-52,54,56-58H2,1-2H3,(H,67,70)/b17-15-,23-21-,47-45+,55-53+. The van der Waals surface area contributed by atoms with Crippen molar-refractivity contribution in [3.8, 4) is 0 Å². The molecule has 1 fully saturated rings. The fourth-order valence-electron chi connectivity index (χ4n) is 10.3. The van der Waals surface area contributed by atoms with E-state index in [0.29, 0.717) is 6.42 Å². The normalized spacial score (nSPS) is 19.2. The molecule has 0 aliphatic carbocycles. The van der Waals surface area contributed by atoms with Gasteiger partial charge < -0.3 is 40.3 Å². The Morgan fingerprint density at radius 1 is 0.453 bits per heavy atom. The summed E-state index contributed by atoms with van der Waals surface area (Å²) in [6, 6.07) is -0.821. The lowest BCUT2D eigenvalue weighted by Crippen LogP contribution is -2.60. The molecule has 7 unspecified atom stereocenters. The van der Waals surface area contributed by atoms with Crippen LogP contribution in [0, 0.1) is 0 Å². The first-order valence-electron chi connectivity index (χ1n) is 32.4. The molecule has 1 amide bonds. The molecule has 1 heterocycles. The fraction of sp³-hybridized carbons (Fsp3) is 0.864. The van der Waals surface area contributed by atoms with E-state index < -0.39 is 49.5 Å². The Balaban J connectivity index is 2.13. The molecule has 0 radical (unpaired) electrons. The summed E-state index contributed by atoms with van der Waals surface area (Å²) in [5.74, 6) is -0.182. The predicted octanol–water partition coefficient (Wildman–Crippen LogP) is 16.9. The zero-order chi connectivity index (χ0) is 54.3. The highest BCUT2D eigenvalue weighted by Gasteiger charge is 2.44. The summed E-state index contributed by atoms with van der Waals surface area (Å²) in [5.41, 5.74) is 0. The van der Waals surface area contributed by atoms with Gasteiger partial charge in [-0.3, -0.25) is 4.79 Å². The van der Waals surface area contributed by atoms with Gasteiger partial charge in [0.15, 0.2) is 6.29 Å². The van der Waals surface area contributed by atoms with Gasteiger partial charge in [-0.1, -0.05) is 287 Å². The Hall–Kier alpha value is -1.85. The molecule has 1 rings (SSSR count). The van der Waals surface area contributed by atoms with Crippen molar-refractivity contribution in [1.29, 1.82) is 0 Å². The number of hydrogen-bond donors (Lipinski definition) is 6. The quantitative estimate of drug-likeness (QED) is 0.0261. The lowest BCUT2D eigenvalue weighted by Gasteiger charge is -2.40. The lowest BCUT2D eigenvalue weighted by atomic mass is 9.99. The second kappa shape index (κ2) is 55.5. The van der Waals surface area contributed by atoms with Crippen LogP contribution in [0.15, 0.2) is 48.6 Å². The van der Waals surface area contributed by atoms with Crippen LogP contribution in [-0.4, -0.2) is 87.5 Å². The Morgan fingerprint density at radius 3 is 1.20 bits per heavy atom. The Labute approximate surface area is 463 Å². The minimum absolute atomic E-state index is 0.182.